The maximum atomic E-state index is 14.2. The van der Waals surface area contributed by atoms with E-state index < -0.39 is 54.3 Å². The summed E-state index contributed by atoms with van der Waals surface area (Å²) in [4.78, 5) is 40.6. The van der Waals surface area contributed by atoms with Gasteiger partial charge in [0.25, 0.3) is 11.1 Å². The highest BCUT2D eigenvalue weighted by atomic mass is 19.3. The third-order valence-corrected chi connectivity index (χ3v) is 7.21. The van der Waals surface area contributed by atoms with Crippen molar-refractivity contribution < 1.29 is 50.4 Å². The number of hydrogen-bond acceptors (Lipinski definition) is 8. The summed E-state index contributed by atoms with van der Waals surface area (Å²) in [6.45, 7) is 13.9. The lowest BCUT2D eigenvalue weighted by Gasteiger charge is -2.36. The highest BCUT2D eigenvalue weighted by Crippen LogP contribution is 2.36. The smallest absolute Gasteiger partial charge is 0.627 e. The van der Waals surface area contributed by atoms with Crippen LogP contribution in [0.15, 0.2) is 39.9 Å². The second kappa shape index (κ2) is 17.8. The average molecular weight is 657 g/mol. The van der Waals surface area contributed by atoms with Crippen LogP contribution in [0.25, 0.3) is 5.76 Å². The van der Waals surface area contributed by atoms with E-state index in [1.54, 1.807) is 4.90 Å². The summed E-state index contributed by atoms with van der Waals surface area (Å²) in [5.74, 6) is -2.71. The molecule has 3 heterocycles. The first-order chi connectivity index (χ1) is 21.7. The Kier molecular flexibility index (Phi) is 14.8. The Morgan fingerprint density at radius 1 is 0.935 bits per heavy atom. The molecule has 3 rings (SSSR count). The standard InChI is InChI=1S/C23H25B2F4N2O8.C6H15N/c1-14-12-18(37-24(26)27)20(22(33)30(14)8-10-35-3)16(32)6-5-7-17-21-19(39-25(28,29)38-17)13-15(2)31(23(21)34)9-11-36-4;1-4-7(5-2)6-3/h5-7,12-13H,8-11H2,1-4H3;4-6H2,1-3H3/q-1;/p+1/b6-5+,17-7-;. The number of hydrogen-bond donors (Lipinski definition) is 1. The van der Waals surface area contributed by atoms with Crippen molar-refractivity contribution in [3.63, 3.8) is 0 Å². The monoisotopic (exact) mass is 657 g/mol. The van der Waals surface area contributed by atoms with Crippen LogP contribution in [0.4, 0.5) is 17.3 Å². The SMILES string of the molecule is CC[NH+](CC)CC.COCCn1c(C)cc(OB(F)F)c(C(=O)/C=C/C=C2\O[B-](F)(F)Oc3cc(C)n(CCOC)c(=O)c32)c1=O. The molecule has 2 aromatic rings. The van der Waals surface area contributed by atoms with Crippen molar-refractivity contribution in [2.24, 2.45) is 0 Å². The molecule has 1 aliphatic rings. The summed E-state index contributed by atoms with van der Waals surface area (Å²) < 4.78 is 80.2. The van der Waals surface area contributed by atoms with Gasteiger partial charge in [0.1, 0.15) is 16.9 Å². The van der Waals surface area contributed by atoms with Crippen LogP contribution in [0.5, 0.6) is 11.5 Å². The number of quaternary nitrogens is 1. The van der Waals surface area contributed by atoms with Crippen LogP contribution in [0.1, 0.15) is 48.1 Å². The zero-order chi connectivity index (χ0) is 34.6. The lowest BCUT2D eigenvalue weighted by molar-refractivity contribution is -0.894. The van der Waals surface area contributed by atoms with Crippen LogP contribution >= 0.6 is 0 Å². The van der Waals surface area contributed by atoms with Crippen LogP contribution in [-0.4, -0.2) is 76.6 Å². The molecule has 11 nitrogen and oxygen atoms in total. The van der Waals surface area contributed by atoms with Crippen molar-refractivity contribution in [2.75, 3.05) is 47.1 Å². The first kappa shape index (κ1) is 38.4. The van der Waals surface area contributed by atoms with Gasteiger partial charge in [-0.1, -0.05) is 6.08 Å². The first-order valence-corrected chi connectivity index (χ1v) is 14.8. The van der Waals surface area contributed by atoms with Crippen molar-refractivity contribution >= 4 is 26.1 Å². The third kappa shape index (κ3) is 10.1. The third-order valence-electron chi connectivity index (χ3n) is 7.21. The summed E-state index contributed by atoms with van der Waals surface area (Å²) in [6.07, 6.45) is 2.64. The van der Waals surface area contributed by atoms with Crippen molar-refractivity contribution in [3.05, 3.63) is 73.6 Å². The van der Waals surface area contributed by atoms with Gasteiger partial charge in [0.15, 0.2) is 5.78 Å². The molecular weight excluding hydrogens is 616 g/mol. The topological polar surface area (TPSA) is 112 Å². The van der Waals surface area contributed by atoms with Gasteiger partial charge in [-0.15, -0.1) is 0 Å². The van der Waals surface area contributed by atoms with Crippen molar-refractivity contribution in [2.45, 2.75) is 47.7 Å². The molecule has 0 bridgehead atoms. The Bertz CT molecular complexity index is 1520. The molecule has 17 heteroatoms. The minimum Gasteiger partial charge on any atom is -0.627 e. The summed E-state index contributed by atoms with van der Waals surface area (Å²) in [6, 6.07) is 2.35. The van der Waals surface area contributed by atoms with E-state index >= 15 is 0 Å². The van der Waals surface area contributed by atoms with Gasteiger partial charge in [0.2, 0.25) is 0 Å². The number of halogens is 4. The quantitative estimate of drug-likeness (QED) is 0.143. The molecule has 0 unspecified atom stereocenters. The van der Waals surface area contributed by atoms with Crippen LogP contribution in [0.2, 0.25) is 0 Å². The number of allylic oxidation sites excluding steroid dienone is 3. The number of nitrogens with one attached hydrogen (secondary N) is 1. The van der Waals surface area contributed by atoms with Gasteiger partial charge in [0, 0.05) is 38.7 Å². The Labute approximate surface area is 265 Å². The fourth-order valence-corrected chi connectivity index (χ4v) is 4.69. The minimum atomic E-state index is -4.85. The van der Waals surface area contributed by atoms with E-state index in [1.165, 1.54) is 58.3 Å². The number of rotatable bonds is 14. The number of nitrogens with zero attached hydrogens (tertiary/aromatic N) is 2. The second-order valence-electron chi connectivity index (χ2n) is 10.2. The molecule has 0 spiro atoms. The van der Waals surface area contributed by atoms with E-state index in [4.69, 9.17) is 9.47 Å². The zero-order valence-corrected chi connectivity index (χ0v) is 27.2. The number of methoxy groups -OCH3 is 2. The van der Waals surface area contributed by atoms with E-state index in [2.05, 4.69) is 34.7 Å². The Morgan fingerprint density at radius 3 is 1.98 bits per heavy atom. The molecular formula is C29H41B2F4N3O8. The maximum Gasteiger partial charge on any atom is 0.796 e. The summed E-state index contributed by atoms with van der Waals surface area (Å²) in [7, 11) is -5.34. The van der Waals surface area contributed by atoms with Crippen molar-refractivity contribution in [3.8, 4) is 11.5 Å². The van der Waals surface area contributed by atoms with Crippen LogP contribution in [-0.2, 0) is 27.2 Å². The lowest BCUT2D eigenvalue weighted by Crippen LogP contribution is -3.11. The number of aryl methyl sites for hydroxylation is 2. The maximum absolute atomic E-state index is 14.2. The van der Waals surface area contributed by atoms with Gasteiger partial charge in [-0.05, 0) is 58.9 Å². The van der Waals surface area contributed by atoms with E-state index in [1.807, 2.05) is 0 Å². The Balaban J connectivity index is 0.000000942. The van der Waals surface area contributed by atoms with E-state index in [9.17, 15) is 31.6 Å². The van der Waals surface area contributed by atoms with E-state index in [0.717, 1.165) is 28.9 Å². The predicted octanol–water partition coefficient (Wildman–Crippen LogP) is 2.72. The Hall–Kier alpha value is -3.82. The first-order valence-electron chi connectivity index (χ1n) is 14.8. The second-order valence-corrected chi connectivity index (χ2v) is 10.2. The molecule has 0 aromatic carbocycles. The molecule has 0 amide bonds. The average Bonchev–Trinajstić information content (AvgIpc) is 2.97. The minimum absolute atomic E-state index is 0.0285. The number of carbonyl (C=O) groups is 1. The normalized spacial score (nSPS) is 14.4. The molecule has 0 saturated carbocycles. The molecule has 2 aromatic heterocycles. The number of ketones is 1. The van der Waals surface area contributed by atoms with Gasteiger partial charge in [-0.25, -0.2) is 8.63 Å². The highest BCUT2D eigenvalue weighted by molar-refractivity contribution is 6.54. The molecule has 1 aliphatic heterocycles. The fourth-order valence-electron chi connectivity index (χ4n) is 4.69. The largest absolute Gasteiger partial charge is 0.796 e. The van der Waals surface area contributed by atoms with Crippen LogP contribution < -0.4 is 25.3 Å². The molecule has 0 aliphatic carbocycles. The molecule has 46 heavy (non-hydrogen) atoms. The molecule has 254 valence electrons. The van der Waals surface area contributed by atoms with Crippen LogP contribution in [0, 0.1) is 13.8 Å². The number of carbonyl (C=O) groups excluding carboxylic acids is 1. The zero-order valence-electron chi connectivity index (χ0n) is 27.2. The van der Waals surface area contributed by atoms with Crippen LogP contribution in [0.3, 0.4) is 0 Å². The predicted molar refractivity (Wildman–Crippen MR) is 167 cm³/mol. The summed E-state index contributed by atoms with van der Waals surface area (Å²) in [5.41, 5.74) is -2.06. The molecule has 0 fully saturated rings. The van der Waals surface area contributed by atoms with Gasteiger partial charge in [0.05, 0.1) is 44.4 Å². The van der Waals surface area contributed by atoms with E-state index in [0.29, 0.717) is 5.69 Å². The number of fused-ring (bicyclic) bond motifs is 1. The van der Waals surface area contributed by atoms with Crippen molar-refractivity contribution in [1.82, 2.24) is 9.13 Å². The van der Waals surface area contributed by atoms with E-state index in [-0.39, 0.29) is 37.6 Å². The number of aromatic nitrogens is 2. The summed E-state index contributed by atoms with van der Waals surface area (Å²) in [5, 5.41) is 0. The Morgan fingerprint density at radius 2 is 1.48 bits per heavy atom. The summed E-state index contributed by atoms with van der Waals surface area (Å²) >= 11 is 0. The molecule has 0 atom stereocenters. The van der Waals surface area contributed by atoms with Gasteiger partial charge in [-0.3, -0.25) is 14.4 Å². The molecule has 1 N–H and O–H groups in total. The highest BCUT2D eigenvalue weighted by Gasteiger charge is 2.40. The molecule has 0 saturated heterocycles. The lowest BCUT2D eigenvalue weighted by atomic mass is 10.0. The van der Waals surface area contributed by atoms with Gasteiger partial charge in [-0.2, -0.15) is 0 Å². The van der Waals surface area contributed by atoms with Gasteiger partial charge >= 0.3 is 14.6 Å². The fraction of sp³-hybridized carbons (Fsp3) is 0.483. The number of ether oxygens (including phenoxy) is 2. The molecule has 0 radical (unpaired) electrons. The van der Waals surface area contributed by atoms with Crippen molar-refractivity contribution in [1.29, 1.82) is 0 Å². The number of pyridine rings is 2. The van der Waals surface area contributed by atoms with Gasteiger partial charge < -0.3 is 46.1 Å².